The lowest BCUT2D eigenvalue weighted by Crippen LogP contribution is -2.41. The maximum absolute atomic E-state index is 12.6. The van der Waals surface area contributed by atoms with Gasteiger partial charge in [-0.2, -0.15) is 0 Å². The van der Waals surface area contributed by atoms with E-state index in [1.165, 1.54) is 4.57 Å². The highest BCUT2D eigenvalue weighted by molar-refractivity contribution is 9.10. The van der Waals surface area contributed by atoms with Gasteiger partial charge in [-0.3, -0.25) is 19.0 Å². The van der Waals surface area contributed by atoms with Crippen molar-refractivity contribution in [2.24, 2.45) is 0 Å². The van der Waals surface area contributed by atoms with Crippen molar-refractivity contribution in [2.45, 2.75) is 31.7 Å². The number of hydrogen-bond donors (Lipinski definition) is 2. The van der Waals surface area contributed by atoms with Gasteiger partial charge in [-0.1, -0.05) is 46.3 Å². The molecule has 4 rings (SSSR count). The predicted octanol–water partition coefficient (Wildman–Crippen LogP) is 2.69. The number of H-pyrrole nitrogens is 1. The summed E-state index contributed by atoms with van der Waals surface area (Å²) in [5.74, 6) is -0.109. The topological polar surface area (TPSA) is 84.0 Å². The zero-order chi connectivity index (χ0) is 19.7. The van der Waals surface area contributed by atoms with E-state index < -0.39 is 11.1 Å². The Morgan fingerprint density at radius 1 is 1.21 bits per heavy atom. The summed E-state index contributed by atoms with van der Waals surface area (Å²) in [5, 5.41) is 2.93. The monoisotopic (exact) mass is 441 g/mol. The van der Waals surface area contributed by atoms with E-state index >= 15 is 0 Å². The van der Waals surface area contributed by atoms with Crippen LogP contribution in [-0.2, 0) is 17.6 Å². The van der Waals surface area contributed by atoms with Crippen molar-refractivity contribution >= 4 is 32.9 Å². The zero-order valence-corrected chi connectivity index (χ0v) is 16.8. The van der Waals surface area contributed by atoms with Crippen LogP contribution in [0.25, 0.3) is 11.0 Å². The van der Waals surface area contributed by atoms with E-state index in [1.807, 2.05) is 36.4 Å². The number of hydrogen-bond acceptors (Lipinski definition) is 3. The number of halogens is 1. The predicted molar refractivity (Wildman–Crippen MR) is 112 cm³/mol. The molecule has 0 radical (unpaired) electrons. The molecule has 1 amide bonds. The minimum absolute atomic E-state index is 0.109. The van der Waals surface area contributed by atoms with Gasteiger partial charge in [0.15, 0.2) is 0 Å². The van der Waals surface area contributed by atoms with Crippen molar-refractivity contribution in [3.63, 3.8) is 0 Å². The highest BCUT2D eigenvalue weighted by Crippen LogP contribution is 2.32. The van der Waals surface area contributed by atoms with E-state index in [-0.39, 0.29) is 18.4 Å². The lowest BCUT2D eigenvalue weighted by Gasteiger charge is -2.27. The first-order valence-electron chi connectivity index (χ1n) is 9.30. The third kappa shape index (κ3) is 3.67. The molecule has 28 heavy (non-hydrogen) atoms. The lowest BCUT2D eigenvalue weighted by atomic mass is 9.96. The highest BCUT2D eigenvalue weighted by atomic mass is 79.9. The van der Waals surface area contributed by atoms with Gasteiger partial charge >= 0.3 is 11.1 Å². The molecule has 2 N–H and O–H groups in total. The number of amides is 1. The standard InChI is InChI=1S/C21H20BrN3O3/c22-15-10-14-6-7-16(25-19(14)17(11-15)24-20(27)21(25)28)12-18(26)23-9-8-13-4-2-1-3-5-13/h1-5,10-11,16H,6-9,12H2,(H,23,26)(H,24,27). The fraction of sp³-hybridized carbons (Fsp3) is 0.286. The van der Waals surface area contributed by atoms with Gasteiger partial charge in [0.05, 0.1) is 11.0 Å². The number of carbonyl (C=O) groups excluding carboxylic acids is 1. The smallest absolute Gasteiger partial charge is 0.317 e. The molecule has 1 aliphatic heterocycles. The summed E-state index contributed by atoms with van der Waals surface area (Å²) in [6.07, 6.45) is 2.34. The second-order valence-corrected chi connectivity index (χ2v) is 7.99. The fourth-order valence-electron chi connectivity index (χ4n) is 3.88. The van der Waals surface area contributed by atoms with Crippen LogP contribution in [0.5, 0.6) is 0 Å². The van der Waals surface area contributed by atoms with Crippen LogP contribution in [-0.4, -0.2) is 22.0 Å². The third-order valence-corrected chi connectivity index (χ3v) is 5.63. The quantitative estimate of drug-likeness (QED) is 0.596. The Bertz CT molecular complexity index is 1150. The van der Waals surface area contributed by atoms with Gasteiger partial charge < -0.3 is 10.3 Å². The molecule has 2 aromatic carbocycles. The van der Waals surface area contributed by atoms with Crippen molar-refractivity contribution in [1.82, 2.24) is 14.9 Å². The molecule has 1 aliphatic rings. The molecule has 1 atom stereocenters. The first-order valence-corrected chi connectivity index (χ1v) is 10.1. The molecule has 1 aromatic heterocycles. The van der Waals surface area contributed by atoms with Gasteiger partial charge in [0.1, 0.15) is 0 Å². The fourth-order valence-corrected chi connectivity index (χ4v) is 4.39. The summed E-state index contributed by atoms with van der Waals surface area (Å²) >= 11 is 3.45. The molecule has 3 aromatic rings. The SMILES string of the molecule is O=C(CC1CCc2cc(Br)cc3[nH]c(=O)c(=O)n1c23)NCCc1ccccc1. The molecule has 0 saturated heterocycles. The summed E-state index contributed by atoms with van der Waals surface area (Å²) < 4.78 is 2.36. The van der Waals surface area contributed by atoms with Crippen LogP contribution in [0.2, 0.25) is 0 Å². The van der Waals surface area contributed by atoms with Crippen LogP contribution in [0.4, 0.5) is 0 Å². The van der Waals surface area contributed by atoms with E-state index in [0.29, 0.717) is 18.5 Å². The van der Waals surface area contributed by atoms with E-state index in [1.54, 1.807) is 6.07 Å². The van der Waals surface area contributed by atoms with E-state index in [0.717, 1.165) is 34.0 Å². The molecule has 2 heterocycles. The molecule has 1 unspecified atom stereocenters. The Kier molecular flexibility index (Phi) is 5.17. The normalized spacial score (nSPS) is 15.5. The van der Waals surface area contributed by atoms with E-state index in [2.05, 4.69) is 26.2 Å². The summed E-state index contributed by atoms with van der Waals surface area (Å²) in [5.41, 5.74) is 2.24. The molecule has 144 valence electrons. The summed E-state index contributed by atoms with van der Waals surface area (Å²) in [6, 6.07) is 13.4. The van der Waals surface area contributed by atoms with Crippen LogP contribution in [0, 0.1) is 0 Å². The summed E-state index contributed by atoms with van der Waals surface area (Å²) in [6.45, 7) is 0.540. The molecule has 6 nitrogen and oxygen atoms in total. The average molecular weight is 442 g/mol. The summed E-state index contributed by atoms with van der Waals surface area (Å²) in [4.78, 5) is 39.8. The van der Waals surface area contributed by atoms with Crippen molar-refractivity contribution < 1.29 is 4.79 Å². The molecular weight excluding hydrogens is 422 g/mol. The van der Waals surface area contributed by atoms with Gasteiger partial charge in [0.2, 0.25) is 5.91 Å². The van der Waals surface area contributed by atoms with E-state index in [9.17, 15) is 14.4 Å². The van der Waals surface area contributed by atoms with Crippen LogP contribution < -0.4 is 16.4 Å². The second-order valence-electron chi connectivity index (χ2n) is 7.07. The van der Waals surface area contributed by atoms with Crippen molar-refractivity contribution in [3.05, 3.63) is 78.8 Å². The van der Waals surface area contributed by atoms with Gasteiger partial charge in [0, 0.05) is 23.5 Å². The number of benzene rings is 2. The number of rotatable bonds is 5. The number of carbonyl (C=O) groups is 1. The van der Waals surface area contributed by atoms with Crippen molar-refractivity contribution in [1.29, 1.82) is 0 Å². The van der Waals surface area contributed by atoms with Crippen molar-refractivity contribution in [2.75, 3.05) is 6.54 Å². The molecule has 0 bridgehead atoms. The largest absolute Gasteiger partial charge is 0.356 e. The number of nitrogens with one attached hydrogen (secondary N) is 2. The molecular formula is C21H20BrN3O3. The molecule has 0 aliphatic carbocycles. The second kappa shape index (κ2) is 7.75. The molecule has 0 spiro atoms. The lowest BCUT2D eigenvalue weighted by molar-refractivity contribution is -0.121. The van der Waals surface area contributed by atoms with Crippen LogP contribution in [0.1, 0.15) is 30.0 Å². The van der Waals surface area contributed by atoms with Crippen LogP contribution in [0.3, 0.4) is 0 Å². The maximum Gasteiger partial charge on any atom is 0.317 e. The Morgan fingerprint density at radius 3 is 2.79 bits per heavy atom. The highest BCUT2D eigenvalue weighted by Gasteiger charge is 2.26. The summed E-state index contributed by atoms with van der Waals surface area (Å²) in [7, 11) is 0. The van der Waals surface area contributed by atoms with E-state index in [4.69, 9.17) is 0 Å². The third-order valence-electron chi connectivity index (χ3n) is 5.17. The van der Waals surface area contributed by atoms with Crippen molar-refractivity contribution in [3.8, 4) is 0 Å². The Labute approximate surface area is 169 Å². The Morgan fingerprint density at radius 2 is 2.00 bits per heavy atom. The minimum Gasteiger partial charge on any atom is -0.356 e. The minimum atomic E-state index is -0.659. The first-order chi connectivity index (χ1) is 13.5. The van der Waals surface area contributed by atoms with Gasteiger partial charge in [-0.15, -0.1) is 0 Å². The first kappa shape index (κ1) is 18.7. The van der Waals surface area contributed by atoms with Gasteiger partial charge in [-0.25, -0.2) is 0 Å². The molecule has 0 saturated carbocycles. The zero-order valence-electron chi connectivity index (χ0n) is 15.2. The van der Waals surface area contributed by atoms with Crippen LogP contribution in [0.15, 0.2) is 56.5 Å². The number of aromatic nitrogens is 2. The number of nitrogens with zero attached hydrogens (tertiary/aromatic N) is 1. The maximum atomic E-state index is 12.6. The van der Waals surface area contributed by atoms with Gasteiger partial charge in [0.25, 0.3) is 0 Å². The Hall–Kier alpha value is -2.67. The Balaban J connectivity index is 1.54. The molecule has 0 fully saturated rings. The average Bonchev–Trinajstić information content (AvgIpc) is 2.67. The number of aryl methyl sites for hydroxylation is 1. The number of aromatic amines is 1. The molecule has 7 heteroatoms. The van der Waals surface area contributed by atoms with Crippen LogP contribution >= 0.6 is 15.9 Å². The van der Waals surface area contributed by atoms with Gasteiger partial charge in [-0.05, 0) is 42.5 Å².